The van der Waals surface area contributed by atoms with E-state index in [0.29, 0.717) is 5.56 Å². The number of imide groups is 1. The molecule has 24 heavy (non-hydrogen) atoms. The molecule has 1 saturated carbocycles. The van der Waals surface area contributed by atoms with Crippen LogP contribution in [-0.2, 0) is 15.1 Å². The van der Waals surface area contributed by atoms with Gasteiger partial charge in [-0.1, -0.05) is 42.7 Å². The standard InChI is InChI=1S/C18H23N3O3/c1-12-7-9-13(10-8-12)18(2)16(23)21(17(24)20-18)11-15(22)19-14-5-3-4-6-14/h7-10,14H,3-6,11H2,1-2H3,(H,19,22)(H,20,24)/t18-/m1/s1. The van der Waals surface area contributed by atoms with Crippen molar-refractivity contribution in [3.8, 4) is 0 Å². The Labute approximate surface area is 141 Å². The zero-order chi connectivity index (χ0) is 17.3. The van der Waals surface area contributed by atoms with Crippen LogP contribution in [0.4, 0.5) is 4.79 Å². The molecule has 2 fully saturated rings. The normalized spacial score (nSPS) is 24.3. The Bertz CT molecular complexity index is 665. The fraction of sp³-hybridized carbons (Fsp3) is 0.500. The van der Waals surface area contributed by atoms with Gasteiger partial charge in [0, 0.05) is 6.04 Å². The molecule has 2 N–H and O–H groups in total. The third kappa shape index (κ3) is 3.00. The zero-order valence-electron chi connectivity index (χ0n) is 14.1. The van der Waals surface area contributed by atoms with E-state index in [0.717, 1.165) is 36.1 Å². The second kappa shape index (κ2) is 6.26. The molecule has 0 radical (unpaired) electrons. The molecule has 1 atom stereocenters. The first-order valence-corrected chi connectivity index (χ1v) is 8.41. The number of hydrogen-bond acceptors (Lipinski definition) is 3. The van der Waals surface area contributed by atoms with Crippen LogP contribution in [0.25, 0.3) is 0 Å². The molecule has 128 valence electrons. The number of nitrogens with zero attached hydrogens (tertiary/aromatic N) is 1. The molecule has 2 aliphatic rings. The van der Waals surface area contributed by atoms with Crippen molar-refractivity contribution >= 4 is 17.8 Å². The minimum absolute atomic E-state index is 0.168. The molecular weight excluding hydrogens is 306 g/mol. The number of urea groups is 1. The summed E-state index contributed by atoms with van der Waals surface area (Å²) in [5.74, 6) is -0.670. The largest absolute Gasteiger partial charge is 0.352 e. The van der Waals surface area contributed by atoms with Crippen LogP contribution in [0.2, 0.25) is 0 Å². The quantitative estimate of drug-likeness (QED) is 0.827. The number of benzene rings is 1. The van der Waals surface area contributed by atoms with Gasteiger partial charge in [0.25, 0.3) is 5.91 Å². The van der Waals surface area contributed by atoms with E-state index in [1.807, 2.05) is 31.2 Å². The number of rotatable bonds is 4. The van der Waals surface area contributed by atoms with E-state index < -0.39 is 17.5 Å². The molecule has 0 bridgehead atoms. The molecule has 6 nitrogen and oxygen atoms in total. The van der Waals surface area contributed by atoms with E-state index in [1.165, 1.54) is 0 Å². The molecule has 1 aromatic carbocycles. The molecule has 1 aliphatic carbocycles. The summed E-state index contributed by atoms with van der Waals surface area (Å²) in [6, 6.07) is 7.10. The van der Waals surface area contributed by atoms with Crippen molar-refractivity contribution in [3.63, 3.8) is 0 Å². The maximum Gasteiger partial charge on any atom is 0.325 e. The Morgan fingerprint density at radius 1 is 1.25 bits per heavy atom. The van der Waals surface area contributed by atoms with E-state index in [9.17, 15) is 14.4 Å². The lowest BCUT2D eigenvalue weighted by atomic mass is 9.91. The van der Waals surface area contributed by atoms with Crippen LogP contribution in [0.3, 0.4) is 0 Å². The molecule has 1 aromatic rings. The van der Waals surface area contributed by atoms with Crippen LogP contribution >= 0.6 is 0 Å². The SMILES string of the molecule is Cc1ccc([C@@]2(C)NC(=O)N(CC(=O)NC3CCCC3)C2=O)cc1. The van der Waals surface area contributed by atoms with Crippen molar-refractivity contribution in [1.82, 2.24) is 15.5 Å². The van der Waals surface area contributed by atoms with Crippen molar-refractivity contribution in [3.05, 3.63) is 35.4 Å². The molecule has 4 amide bonds. The summed E-state index contributed by atoms with van der Waals surface area (Å²) < 4.78 is 0. The number of hydrogen-bond donors (Lipinski definition) is 2. The first kappa shape index (κ1) is 16.5. The van der Waals surface area contributed by atoms with Crippen LogP contribution in [0.5, 0.6) is 0 Å². The molecule has 0 unspecified atom stereocenters. The maximum absolute atomic E-state index is 12.8. The number of nitrogens with one attached hydrogen (secondary N) is 2. The van der Waals surface area contributed by atoms with Crippen molar-refractivity contribution < 1.29 is 14.4 Å². The summed E-state index contributed by atoms with van der Waals surface area (Å²) in [6.07, 6.45) is 4.15. The van der Waals surface area contributed by atoms with E-state index in [1.54, 1.807) is 6.92 Å². The molecule has 3 rings (SSSR count). The van der Waals surface area contributed by atoms with Gasteiger partial charge in [-0.05, 0) is 32.3 Å². The lowest BCUT2D eigenvalue weighted by Gasteiger charge is -2.22. The summed E-state index contributed by atoms with van der Waals surface area (Å²) >= 11 is 0. The molecule has 1 aliphatic heterocycles. The Balaban J connectivity index is 1.71. The summed E-state index contributed by atoms with van der Waals surface area (Å²) in [5, 5.41) is 5.63. The smallest absolute Gasteiger partial charge is 0.325 e. The van der Waals surface area contributed by atoms with Crippen molar-refractivity contribution in [1.29, 1.82) is 0 Å². The van der Waals surface area contributed by atoms with Gasteiger partial charge in [0.05, 0.1) is 0 Å². The number of carbonyl (C=O) groups is 3. The average Bonchev–Trinajstić information content (AvgIpc) is 3.11. The average molecular weight is 329 g/mol. The minimum Gasteiger partial charge on any atom is -0.352 e. The third-order valence-electron chi connectivity index (χ3n) is 4.93. The monoisotopic (exact) mass is 329 g/mol. The van der Waals surface area contributed by atoms with Crippen molar-refractivity contribution in [2.75, 3.05) is 6.54 Å². The predicted octanol–water partition coefficient (Wildman–Crippen LogP) is 1.82. The van der Waals surface area contributed by atoms with Gasteiger partial charge in [-0.15, -0.1) is 0 Å². The zero-order valence-corrected chi connectivity index (χ0v) is 14.1. The highest BCUT2D eigenvalue weighted by Gasteiger charge is 2.49. The molecule has 0 aromatic heterocycles. The van der Waals surface area contributed by atoms with Gasteiger partial charge < -0.3 is 10.6 Å². The van der Waals surface area contributed by atoms with Gasteiger partial charge in [0.1, 0.15) is 12.1 Å². The number of carbonyl (C=O) groups excluding carboxylic acids is 3. The Morgan fingerprint density at radius 2 is 1.88 bits per heavy atom. The lowest BCUT2D eigenvalue weighted by Crippen LogP contribution is -2.45. The van der Waals surface area contributed by atoms with Gasteiger partial charge in [0.15, 0.2) is 0 Å². The molecular formula is C18H23N3O3. The first-order chi connectivity index (χ1) is 11.4. The van der Waals surface area contributed by atoms with Gasteiger partial charge in [-0.25, -0.2) is 4.79 Å². The van der Waals surface area contributed by atoms with Crippen LogP contribution in [0, 0.1) is 6.92 Å². The molecule has 0 spiro atoms. The van der Waals surface area contributed by atoms with Crippen LogP contribution in [-0.4, -0.2) is 35.3 Å². The highest BCUT2D eigenvalue weighted by Crippen LogP contribution is 2.29. The van der Waals surface area contributed by atoms with Gasteiger partial charge in [-0.2, -0.15) is 0 Å². The number of amides is 4. The van der Waals surface area contributed by atoms with Gasteiger partial charge in [0.2, 0.25) is 5.91 Å². The summed E-state index contributed by atoms with van der Waals surface area (Å²) in [5.41, 5.74) is 0.662. The lowest BCUT2D eigenvalue weighted by molar-refractivity contribution is -0.135. The fourth-order valence-electron chi connectivity index (χ4n) is 3.41. The summed E-state index contributed by atoms with van der Waals surface area (Å²) in [6.45, 7) is 3.40. The molecule has 6 heteroatoms. The van der Waals surface area contributed by atoms with E-state index in [4.69, 9.17) is 0 Å². The van der Waals surface area contributed by atoms with Crippen LogP contribution in [0.1, 0.15) is 43.7 Å². The second-order valence-corrected chi connectivity index (χ2v) is 6.86. The Hall–Kier alpha value is -2.37. The van der Waals surface area contributed by atoms with Crippen molar-refractivity contribution in [2.45, 2.75) is 51.1 Å². The minimum atomic E-state index is -1.13. The van der Waals surface area contributed by atoms with E-state index in [-0.39, 0.29) is 18.5 Å². The van der Waals surface area contributed by atoms with Gasteiger partial charge >= 0.3 is 6.03 Å². The van der Waals surface area contributed by atoms with Crippen LogP contribution < -0.4 is 10.6 Å². The summed E-state index contributed by atoms with van der Waals surface area (Å²) in [7, 11) is 0. The summed E-state index contributed by atoms with van der Waals surface area (Å²) in [4.78, 5) is 38.1. The molecule has 1 saturated heterocycles. The number of aryl methyl sites for hydroxylation is 1. The molecule has 1 heterocycles. The maximum atomic E-state index is 12.8. The Kier molecular flexibility index (Phi) is 4.30. The van der Waals surface area contributed by atoms with Gasteiger partial charge in [-0.3, -0.25) is 14.5 Å². The predicted molar refractivity (Wildman–Crippen MR) is 89.2 cm³/mol. The topological polar surface area (TPSA) is 78.5 Å². The second-order valence-electron chi connectivity index (χ2n) is 6.86. The van der Waals surface area contributed by atoms with E-state index in [2.05, 4.69) is 10.6 Å². The highest BCUT2D eigenvalue weighted by atomic mass is 16.2. The first-order valence-electron chi connectivity index (χ1n) is 8.41. The van der Waals surface area contributed by atoms with Crippen LogP contribution in [0.15, 0.2) is 24.3 Å². The van der Waals surface area contributed by atoms with E-state index >= 15 is 0 Å². The fourth-order valence-corrected chi connectivity index (χ4v) is 3.41. The highest BCUT2D eigenvalue weighted by molar-refractivity contribution is 6.09. The third-order valence-corrected chi connectivity index (χ3v) is 4.93. The van der Waals surface area contributed by atoms with Crippen molar-refractivity contribution in [2.24, 2.45) is 0 Å². The Morgan fingerprint density at radius 3 is 2.50 bits per heavy atom.